The third kappa shape index (κ3) is 6.47. The van der Waals surface area contributed by atoms with Crippen LogP contribution < -0.4 is 0 Å². The van der Waals surface area contributed by atoms with Gasteiger partial charge in [-0.1, -0.05) is 42.5 Å². The maximum atomic E-state index is 3.29. The van der Waals surface area contributed by atoms with Crippen LogP contribution in [0.4, 0.5) is 0 Å². The quantitative estimate of drug-likeness (QED) is 0.494. The molecular weight excluding hydrogens is 168 g/mol. The Labute approximate surface area is 87.7 Å². The van der Waals surface area contributed by atoms with Gasteiger partial charge < -0.3 is 0 Å². The fraction of sp³-hybridized carbons (Fsp3) is 0.429. The maximum absolute atomic E-state index is 3.29. The van der Waals surface area contributed by atoms with E-state index >= 15 is 0 Å². The summed E-state index contributed by atoms with van der Waals surface area (Å²) < 4.78 is 0. The van der Waals surface area contributed by atoms with Crippen molar-refractivity contribution in [3.8, 4) is 0 Å². The molecule has 1 aliphatic carbocycles. The van der Waals surface area contributed by atoms with Crippen molar-refractivity contribution in [1.29, 1.82) is 0 Å². The first-order valence-corrected chi connectivity index (χ1v) is 5.50. The van der Waals surface area contributed by atoms with Gasteiger partial charge in [-0.3, -0.25) is 0 Å². The zero-order chi connectivity index (χ0) is 9.90. The van der Waals surface area contributed by atoms with Crippen LogP contribution in [0.3, 0.4) is 0 Å². The first-order chi connectivity index (χ1) is 7.00. The van der Waals surface area contributed by atoms with Crippen LogP contribution in [-0.4, -0.2) is 0 Å². The van der Waals surface area contributed by atoms with Crippen molar-refractivity contribution >= 4 is 0 Å². The van der Waals surface area contributed by atoms with Gasteiger partial charge in [-0.25, -0.2) is 0 Å². The second-order valence-electron chi connectivity index (χ2n) is 3.41. The van der Waals surface area contributed by atoms with Gasteiger partial charge in [0.05, 0.1) is 0 Å². The largest absolute Gasteiger partial charge is 0.0882 e. The monoisotopic (exact) mass is 187 g/mol. The minimum Gasteiger partial charge on any atom is -0.0882 e. The highest BCUT2D eigenvalue weighted by molar-refractivity contribution is 4.97. The summed E-state index contributed by atoms with van der Waals surface area (Å²) in [5, 5.41) is 0. The minimum atomic E-state index is 1.03. The molecule has 0 aromatic heterocycles. The van der Waals surface area contributed by atoms with Gasteiger partial charge in [-0.05, 0) is 44.6 Å². The Hall–Kier alpha value is -1.04. The summed E-state index contributed by atoms with van der Waals surface area (Å²) in [6.45, 7) is 0. The fourth-order valence-electron chi connectivity index (χ4n) is 1.33. The number of rotatable bonds is 0. The third-order valence-corrected chi connectivity index (χ3v) is 2.13. The number of allylic oxidation sites excluding steroid dienone is 8. The topological polar surface area (TPSA) is 0 Å². The van der Waals surface area contributed by atoms with Crippen molar-refractivity contribution in [1.82, 2.24) is 0 Å². The van der Waals surface area contributed by atoms with E-state index in [1.54, 1.807) is 0 Å². The molecule has 0 saturated heterocycles. The van der Waals surface area contributed by atoms with E-state index in [9.17, 15) is 0 Å². The molecule has 0 saturated carbocycles. The first kappa shape index (κ1) is 11.0. The summed E-state index contributed by atoms with van der Waals surface area (Å²) >= 11 is 0. The van der Waals surface area contributed by atoms with Crippen molar-refractivity contribution in [3.63, 3.8) is 0 Å². The Bertz CT molecular complexity index is 204. The zero-order valence-corrected chi connectivity index (χ0v) is 8.78. The molecule has 0 amide bonds. The fourth-order valence-corrected chi connectivity index (χ4v) is 1.33. The van der Waals surface area contributed by atoms with Crippen LogP contribution in [0.5, 0.6) is 0 Å². The lowest BCUT2D eigenvalue weighted by atomic mass is 10.2. The molecular formula is C14H19. The molecule has 0 nitrogen and oxygen atoms in total. The van der Waals surface area contributed by atoms with Gasteiger partial charge in [0.2, 0.25) is 0 Å². The standard InChI is InChI=1S/C14H19/c1-2-4-6-8-10-12-14-13-11-9-7-5-3-1/h1-2,5-7,13-14H,3-4,9-12H2/b2-1-,7-5-,8-6?,14-13-. The lowest BCUT2D eigenvalue weighted by molar-refractivity contribution is 0.983. The van der Waals surface area contributed by atoms with Crippen LogP contribution in [0.2, 0.25) is 0 Å². The average Bonchev–Trinajstić information content (AvgIpc) is 2.22. The second kappa shape index (κ2) is 8.55. The molecule has 0 unspecified atom stereocenters. The molecule has 1 radical (unpaired) electrons. The van der Waals surface area contributed by atoms with E-state index in [0.717, 1.165) is 25.7 Å². The van der Waals surface area contributed by atoms with E-state index in [4.69, 9.17) is 0 Å². The Morgan fingerprint density at radius 2 is 1.29 bits per heavy atom. The molecule has 0 bridgehead atoms. The van der Waals surface area contributed by atoms with Gasteiger partial charge in [0, 0.05) is 0 Å². The van der Waals surface area contributed by atoms with Crippen LogP contribution in [0.15, 0.2) is 42.5 Å². The Balaban J connectivity index is 2.34. The first-order valence-electron chi connectivity index (χ1n) is 5.50. The molecule has 0 fully saturated rings. The normalized spacial score (nSPS) is 28.6. The second-order valence-corrected chi connectivity index (χ2v) is 3.41. The minimum absolute atomic E-state index is 1.03. The Morgan fingerprint density at radius 3 is 2.21 bits per heavy atom. The molecule has 0 N–H and O–H groups in total. The lowest BCUT2D eigenvalue weighted by Crippen LogP contribution is -1.70. The lowest BCUT2D eigenvalue weighted by Gasteiger charge is -1.90. The van der Waals surface area contributed by atoms with Crippen molar-refractivity contribution in [2.45, 2.75) is 38.5 Å². The van der Waals surface area contributed by atoms with Gasteiger partial charge in [-0.2, -0.15) is 0 Å². The summed E-state index contributed by atoms with van der Waals surface area (Å²) in [5.41, 5.74) is 0. The van der Waals surface area contributed by atoms with Crippen molar-refractivity contribution in [3.05, 3.63) is 48.6 Å². The van der Waals surface area contributed by atoms with Crippen molar-refractivity contribution in [2.75, 3.05) is 0 Å². The van der Waals surface area contributed by atoms with E-state index in [0.29, 0.717) is 0 Å². The van der Waals surface area contributed by atoms with E-state index in [2.05, 4.69) is 48.6 Å². The van der Waals surface area contributed by atoms with Crippen molar-refractivity contribution in [2.24, 2.45) is 0 Å². The molecule has 14 heavy (non-hydrogen) atoms. The highest BCUT2D eigenvalue weighted by atomic mass is 13.9. The van der Waals surface area contributed by atoms with Crippen LogP contribution in [0.25, 0.3) is 0 Å². The van der Waals surface area contributed by atoms with Crippen LogP contribution in [-0.2, 0) is 0 Å². The van der Waals surface area contributed by atoms with Crippen LogP contribution in [0.1, 0.15) is 38.5 Å². The molecule has 0 aliphatic heterocycles. The van der Waals surface area contributed by atoms with Gasteiger partial charge in [0.15, 0.2) is 0 Å². The molecule has 0 heteroatoms. The van der Waals surface area contributed by atoms with Crippen molar-refractivity contribution < 1.29 is 0 Å². The molecule has 0 aromatic rings. The Kier molecular flexibility index (Phi) is 6.74. The average molecular weight is 187 g/mol. The highest BCUT2D eigenvalue weighted by Crippen LogP contribution is 2.00. The zero-order valence-electron chi connectivity index (χ0n) is 8.78. The number of hydrogen-bond donors (Lipinski definition) is 0. The molecule has 0 spiro atoms. The summed E-state index contributed by atoms with van der Waals surface area (Å²) in [6.07, 6.45) is 25.5. The van der Waals surface area contributed by atoms with Gasteiger partial charge in [0.1, 0.15) is 0 Å². The Morgan fingerprint density at radius 1 is 0.643 bits per heavy atom. The molecule has 1 rings (SSSR count). The van der Waals surface area contributed by atoms with Gasteiger partial charge in [0.25, 0.3) is 0 Å². The van der Waals surface area contributed by atoms with E-state index in [-0.39, 0.29) is 0 Å². The molecule has 1 aliphatic rings. The molecule has 75 valence electrons. The van der Waals surface area contributed by atoms with Crippen LogP contribution >= 0.6 is 0 Å². The third-order valence-electron chi connectivity index (χ3n) is 2.13. The van der Waals surface area contributed by atoms with E-state index in [1.165, 1.54) is 12.8 Å². The summed E-state index contributed by atoms with van der Waals surface area (Å²) in [6, 6.07) is 0. The maximum Gasteiger partial charge on any atom is -0.0163 e. The van der Waals surface area contributed by atoms with Crippen LogP contribution in [0, 0.1) is 6.08 Å². The van der Waals surface area contributed by atoms with Gasteiger partial charge in [-0.15, -0.1) is 0 Å². The summed E-state index contributed by atoms with van der Waals surface area (Å²) in [4.78, 5) is 0. The van der Waals surface area contributed by atoms with Gasteiger partial charge >= 0.3 is 0 Å². The molecule has 0 atom stereocenters. The van der Waals surface area contributed by atoms with E-state index < -0.39 is 0 Å². The summed E-state index contributed by atoms with van der Waals surface area (Å²) in [5.74, 6) is 0. The molecule has 0 heterocycles. The van der Waals surface area contributed by atoms with E-state index in [1.807, 2.05) is 0 Å². The molecule has 0 aromatic carbocycles. The predicted octanol–water partition coefficient (Wildman–Crippen LogP) is 4.37. The number of hydrogen-bond acceptors (Lipinski definition) is 0. The highest BCUT2D eigenvalue weighted by Gasteiger charge is 1.80. The predicted molar refractivity (Wildman–Crippen MR) is 62.9 cm³/mol. The summed E-state index contributed by atoms with van der Waals surface area (Å²) in [7, 11) is 0. The smallest absolute Gasteiger partial charge is 0.0163 e. The SMILES string of the molecule is [C]1=C/C/C=C\C/C=C\CC/C=C\CC/1.